The molecule has 0 saturated carbocycles. The number of carbonyl (C=O) groups is 1. The molecule has 4 aromatic rings. The first-order valence-corrected chi connectivity index (χ1v) is 13.8. The number of morpholine rings is 1. The molecule has 39 heavy (non-hydrogen) atoms. The zero-order valence-corrected chi connectivity index (χ0v) is 22.4. The van der Waals surface area contributed by atoms with Crippen molar-refractivity contribution in [1.82, 2.24) is 34.8 Å². The monoisotopic (exact) mass is 527 g/mol. The van der Waals surface area contributed by atoms with Gasteiger partial charge in [0.2, 0.25) is 5.91 Å². The summed E-state index contributed by atoms with van der Waals surface area (Å²) in [6.07, 6.45) is 8.07. The molecule has 2 fully saturated rings. The molecule has 0 bridgehead atoms. The molecule has 7 rings (SSSR count). The van der Waals surface area contributed by atoms with Crippen LogP contribution in [0.3, 0.4) is 0 Å². The number of aromatic amines is 1. The summed E-state index contributed by atoms with van der Waals surface area (Å²) >= 11 is 0. The van der Waals surface area contributed by atoms with Crippen molar-refractivity contribution >= 4 is 16.9 Å². The van der Waals surface area contributed by atoms with E-state index in [0.29, 0.717) is 19.8 Å². The Morgan fingerprint density at radius 3 is 3.00 bits per heavy atom. The van der Waals surface area contributed by atoms with Crippen molar-refractivity contribution in [3.05, 3.63) is 47.8 Å². The highest BCUT2D eigenvalue weighted by Crippen LogP contribution is 2.39. The van der Waals surface area contributed by atoms with E-state index in [-0.39, 0.29) is 18.0 Å². The number of rotatable bonds is 5. The fourth-order valence-electron chi connectivity index (χ4n) is 6.30. The molecular weight excluding hydrogens is 494 g/mol. The molecule has 1 aliphatic carbocycles. The maximum atomic E-state index is 13.1. The van der Waals surface area contributed by atoms with E-state index in [0.717, 1.165) is 71.6 Å². The van der Waals surface area contributed by atoms with Crippen LogP contribution in [0.4, 0.5) is 0 Å². The second kappa shape index (κ2) is 9.77. The van der Waals surface area contributed by atoms with E-state index in [9.17, 15) is 4.79 Å². The number of H-pyrrole nitrogens is 1. The van der Waals surface area contributed by atoms with Gasteiger partial charge in [0.15, 0.2) is 0 Å². The smallest absolute Gasteiger partial charge is 0.242 e. The van der Waals surface area contributed by atoms with E-state index >= 15 is 0 Å². The predicted octanol–water partition coefficient (Wildman–Crippen LogP) is 3.09. The molecule has 10 heteroatoms. The highest BCUT2D eigenvalue weighted by atomic mass is 16.5. The van der Waals surface area contributed by atoms with Gasteiger partial charge in [-0.15, -0.1) is 0 Å². The molecule has 202 valence electrons. The highest BCUT2D eigenvalue weighted by Gasteiger charge is 2.35. The fraction of sp³-hybridized carbons (Fsp3) is 0.448. The summed E-state index contributed by atoms with van der Waals surface area (Å²) in [5, 5.41) is 12.4. The van der Waals surface area contributed by atoms with Crippen LogP contribution >= 0.6 is 0 Å². The Morgan fingerprint density at radius 2 is 2.13 bits per heavy atom. The number of likely N-dealkylation sites (tertiary alicyclic amines) is 1. The standard InChI is InChI=1S/C29H33N7O3/c1-34-11-12-39-17-24(34)29(37)35-10-9-20(16-35)36-15-19(14-30-36)26-28-23(32-33-26)13-25(38-2)27(31-28)22-8-4-6-18-5-3-7-21(18)22/h4,6,8,13-15,20,24H,3,5,7,9-12,16-17H2,1-2H3,(H,32,33). The normalized spacial score (nSPS) is 21.5. The number of aryl methyl sites for hydroxylation is 1. The molecule has 5 heterocycles. The Hall–Kier alpha value is -3.76. The summed E-state index contributed by atoms with van der Waals surface area (Å²) in [6.45, 7) is 3.28. The number of ether oxygens (including phenoxy) is 2. The van der Waals surface area contributed by atoms with Crippen LogP contribution in [0.25, 0.3) is 33.5 Å². The van der Waals surface area contributed by atoms with Crippen molar-refractivity contribution in [3.63, 3.8) is 0 Å². The number of methoxy groups -OCH3 is 1. The first-order valence-electron chi connectivity index (χ1n) is 13.8. The summed E-state index contributed by atoms with van der Waals surface area (Å²) in [5.41, 5.74) is 8.03. The molecule has 3 aliphatic rings. The number of hydrogen-bond acceptors (Lipinski definition) is 7. The fourth-order valence-corrected chi connectivity index (χ4v) is 6.30. The largest absolute Gasteiger partial charge is 0.494 e. The Kier molecular flexibility index (Phi) is 6.08. The minimum atomic E-state index is -0.204. The van der Waals surface area contributed by atoms with Gasteiger partial charge < -0.3 is 14.4 Å². The maximum Gasteiger partial charge on any atom is 0.242 e. The Morgan fingerprint density at radius 1 is 1.21 bits per heavy atom. The number of nitrogens with zero attached hydrogens (tertiary/aromatic N) is 6. The summed E-state index contributed by atoms with van der Waals surface area (Å²) in [7, 11) is 3.68. The zero-order valence-electron chi connectivity index (χ0n) is 22.4. The molecule has 2 saturated heterocycles. The molecule has 1 N–H and O–H groups in total. The summed E-state index contributed by atoms with van der Waals surface area (Å²) in [6, 6.07) is 8.37. The van der Waals surface area contributed by atoms with Crippen LogP contribution in [-0.2, 0) is 22.4 Å². The van der Waals surface area contributed by atoms with Crippen LogP contribution in [0, 0.1) is 0 Å². The van der Waals surface area contributed by atoms with Crippen LogP contribution in [0.1, 0.15) is 30.0 Å². The van der Waals surface area contributed by atoms with Crippen molar-refractivity contribution < 1.29 is 14.3 Å². The number of carbonyl (C=O) groups excluding carboxylic acids is 1. The lowest BCUT2D eigenvalue weighted by Crippen LogP contribution is -2.52. The minimum Gasteiger partial charge on any atom is -0.494 e. The number of benzene rings is 1. The van der Waals surface area contributed by atoms with Crippen LogP contribution in [0.15, 0.2) is 36.7 Å². The molecule has 2 unspecified atom stereocenters. The van der Waals surface area contributed by atoms with E-state index in [1.54, 1.807) is 7.11 Å². The molecule has 1 amide bonds. The molecule has 0 radical (unpaired) electrons. The third-order valence-corrected chi connectivity index (χ3v) is 8.53. The lowest BCUT2D eigenvalue weighted by Gasteiger charge is -2.33. The van der Waals surface area contributed by atoms with Crippen molar-refractivity contribution in [2.45, 2.75) is 37.8 Å². The maximum absolute atomic E-state index is 13.1. The van der Waals surface area contributed by atoms with Gasteiger partial charge in [0.1, 0.15) is 28.7 Å². The van der Waals surface area contributed by atoms with Crippen LogP contribution in [0.2, 0.25) is 0 Å². The Labute approximate surface area is 226 Å². The third-order valence-electron chi connectivity index (χ3n) is 8.53. The molecule has 2 aliphatic heterocycles. The second-order valence-corrected chi connectivity index (χ2v) is 10.8. The Balaban J connectivity index is 1.17. The zero-order chi connectivity index (χ0) is 26.5. The van der Waals surface area contributed by atoms with E-state index in [1.165, 1.54) is 17.5 Å². The van der Waals surface area contributed by atoms with Gasteiger partial charge in [-0.05, 0) is 43.9 Å². The van der Waals surface area contributed by atoms with E-state index in [1.807, 2.05) is 35.1 Å². The molecule has 0 spiro atoms. The molecular formula is C29H33N7O3. The van der Waals surface area contributed by atoms with Crippen LogP contribution < -0.4 is 4.74 Å². The quantitative estimate of drug-likeness (QED) is 0.426. The van der Waals surface area contributed by atoms with Gasteiger partial charge in [0, 0.05) is 43.0 Å². The molecule has 10 nitrogen and oxygen atoms in total. The van der Waals surface area contributed by atoms with Gasteiger partial charge in [-0.1, -0.05) is 18.2 Å². The predicted molar refractivity (Wildman–Crippen MR) is 147 cm³/mol. The summed E-state index contributed by atoms with van der Waals surface area (Å²) < 4.78 is 13.3. The van der Waals surface area contributed by atoms with Gasteiger partial charge >= 0.3 is 0 Å². The number of nitrogens with one attached hydrogen (secondary N) is 1. The van der Waals surface area contributed by atoms with E-state index in [4.69, 9.17) is 14.5 Å². The van der Waals surface area contributed by atoms with E-state index in [2.05, 4.69) is 38.4 Å². The highest BCUT2D eigenvalue weighted by molar-refractivity contribution is 5.93. The molecule has 1 aromatic carbocycles. The average Bonchev–Trinajstić information content (AvgIpc) is 3.77. The molecule has 2 atom stereocenters. The first-order chi connectivity index (χ1) is 19.1. The lowest BCUT2D eigenvalue weighted by atomic mass is 9.99. The second-order valence-electron chi connectivity index (χ2n) is 10.8. The van der Waals surface area contributed by atoms with Gasteiger partial charge in [-0.3, -0.25) is 19.5 Å². The number of aromatic nitrogens is 5. The van der Waals surface area contributed by atoms with E-state index < -0.39 is 0 Å². The Bertz CT molecular complexity index is 1540. The number of hydrogen-bond donors (Lipinski definition) is 1. The average molecular weight is 528 g/mol. The topological polar surface area (TPSA) is 101 Å². The number of likely N-dealkylation sites (N-methyl/N-ethyl adjacent to an activating group) is 1. The lowest BCUT2D eigenvalue weighted by molar-refractivity contribution is -0.141. The van der Waals surface area contributed by atoms with Crippen molar-refractivity contribution in [2.75, 3.05) is 47.0 Å². The number of fused-ring (bicyclic) bond motifs is 2. The third kappa shape index (κ3) is 4.18. The van der Waals surface area contributed by atoms with Gasteiger partial charge in [-0.25, -0.2) is 4.98 Å². The molecule has 3 aromatic heterocycles. The summed E-state index contributed by atoms with van der Waals surface area (Å²) in [5.74, 6) is 0.877. The van der Waals surface area contributed by atoms with Crippen molar-refractivity contribution in [2.24, 2.45) is 0 Å². The van der Waals surface area contributed by atoms with Crippen molar-refractivity contribution in [3.8, 4) is 28.3 Å². The van der Waals surface area contributed by atoms with Gasteiger partial charge in [0.05, 0.1) is 38.1 Å². The summed E-state index contributed by atoms with van der Waals surface area (Å²) in [4.78, 5) is 22.3. The van der Waals surface area contributed by atoms with Crippen molar-refractivity contribution in [1.29, 1.82) is 0 Å². The van der Waals surface area contributed by atoms with Crippen LogP contribution in [-0.4, -0.2) is 93.7 Å². The number of pyridine rings is 1. The first kappa shape index (κ1) is 24.3. The van der Waals surface area contributed by atoms with Gasteiger partial charge in [-0.2, -0.15) is 10.2 Å². The van der Waals surface area contributed by atoms with Gasteiger partial charge in [0.25, 0.3) is 0 Å². The van der Waals surface area contributed by atoms with Crippen LogP contribution in [0.5, 0.6) is 5.75 Å². The SMILES string of the molecule is COc1cc2[nH]nc(-c3cnn(C4CCN(C(=O)C5COCCN5C)C4)c3)c2nc1-c1cccc2c1CCC2. The number of amides is 1. The minimum absolute atomic E-state index is 0.123.